The molecule has 0 aromatic carbocycles. The fourth-order valence-corrected chi connectivity index (χ4v) is 1.61. The molecular weight excluding hydrogens is 272 g/mol. The van der Waals surface area contributed by atoms with Crippen LogP contribution in [0.5, 0.6) is 0 Å². The van der Waals surface area contributed by atoms with Crippen LogP contribution in [0.2, 0.25) is 0 Å². The number of allylic oxidation sites excluding steroid dienone is 8. The number of carboxylic acid groups (broad SMARTS) is 1. The molecule has 22 heavy (non-hydrogen) atoms. The lowest BCUT2D eigenvalue weighted by Gasteiger charge is -1.90. The van der Waals surface area contributed by atoms with Crippen molar-refractivity contribution in [3.63, 3.8) is 0 Å². The predicted molar refractivity (Wildman–Crippen MR) is 96.0 cm³/mol. The minimum absolute atomic E-state index is 0.344. The fraction of sp³-hybridized carbons (Fsp3) is 0.550. The second-order valence-corrected chi connectivity index (χ2v) is 4.72. The molecule has 0 rings (SSSR count). The summed E-state index contributed by atoms with van der Waals surface area (Å²) in [6.45, 7) is 2.18. The van der Waals surface area contributed by atoms with Crippen molar-refractivity contribution in [1.82, 2.24) is 0 Å². The monoisotopic (exact) mass is 310 g/mol. The second kappa shape index (κ2) is 17.5. The van der Waals surface area contributed by atoms with Crippen LogP contribution in [-0.4, -0.2) is 11.1 Å². The number of aliphatic carboxylic acids is 1. The first kappa shape index (κ1) is 11.9. The third-order valence-electron chi connectivity index (χ3n) is 2.73. The lowest BCUT2D eigenvalue weighted by Crippen LogP contribution is -1.92. The first-order valence-electron chi connectivity index (χ1n) is 10.9. The molecule has 0 amide bonds. The van der Waals surface area contributed by atoms with Crippen molar-refractivity contribution in [2.45, 2.75) is 71.0 Å². The average Bonchev–Trinajstić information content (AvgIpc) is 2.61. The van der Waals surface area contributed by atoms with Gasteiger partial charge in [0.2, 0.25) is 0 Å². The van der Waals surface area contributed by atoms with Crippen molar-refractivity contribution >= 4 is 5.97 Å². The Kier molecular flexibility index (Phi) is 9.48. The van der Waals surface area contributed by atoms with E-state index in [1.54, 1.807) is 6.08 Å². The van der Waals surface area contributed by atoms with Gasteiger partial charge in [0.1, 0.15) is 0 Å². The largest absolute Gasteiger partial charge is 0.481 e. The van der Waals surface area contributed by atoms with Crippen molar-refractivity contribution in [3.8, 4) is 0 Å². The van der Waals surface area contributed by atoms with Gasteiger partial charge >= 0.3 is 5.97 Å². The molecule has 0 radical (unpaired) electrons. The van der Waals surface area contributed by atoms with E-state index in [1.807, 2.05) is 12.2 Å². The third-order valence-corrected chi connectivity index (χ3v) is 2.73. The molecular formula is C20H32O2. The zero-order valence-corrected chi connectivity index (χ0v) is 13.4. The van der Waals surface area contributed by atoms with Crippen LogP contribution in [0.4, 0.5) is 0 Å². The molecule has 0 aliphatic heterocycles. The van der Waals surface area contributed by atoms with Crippen molar-refractivity contribution in [3.05, 3.63) is 48.6 Å². The highest BCUT2D eigenvalue weighted by molar-refractivity contribution is 5.66. The Labute approximate surface area is 144 Å². The van der Waals surface area contributed by atoms with E-state index in [9.17, 15) is 4.79 Å². The molecule has 0 saturated heterocycles. The van der Waals surface area contributed by atoms with E-state index in [4.69, 9.17) is 13.3 Å². The summed E-state index contributed by atoms with van der Waals surface area (Å²) in [5, 5.41) is 8.81. The maximum Gasteiger partial charge on any atom is 0.303 e. The zero-order valence-electron chi connectivity index (χ0n) is 19.4. The Hall–Kier alpha value is -1.57. The van der Waals surface area contributed by atoms with Gasteiger partial charge in [-0.2, -0.15) is 0 Å². The third kappa shape index (κ3) is 18.4. The van der Waals surface area contributed by atoms with Gasteiger partial charge in [-0.25, -0.2) is 0 Å². The van der Waals surface area contributed by atoms with Crippen molar-refractivity contribution in [2.75, 3.05) is 0 Å². The normalized spacial score (nSPS) is 18.4. The molecule has 2 nitrogen and oxygen atoms in total. The Morgan fingerprint density at radius 2 is 1.45 bits per heavy atom. The molecule has 0 aromatic rings. The maximum atomic E-state index is 10.9. The summed E-state index contributed by atoms with van der Waals surface area (Å²) >= 11 is 0. The van der Waals surface area contributed by atoms with E-state index in [1.165, 1.54) is 25.3 Å². The first-order chi connectivity index (χ1) is 13.0. The molecule has 0 unspecified atom stereocenters. The highest BCUT2D eigenvalue weighted by Crippen LogP contribution is 2.01. The maximum absolute atomic E-state index is 10.9. The summed E-state index contributed by atoms with van der Waals surface area (Å²) in [7, 11) is 0. The molecule has 124 valence electrons. The summed E-state index contributed by atoms with van der Waals surface area (Å²) in [4.78, 5) is 10.9. The van der Waals surface area contributed by atoms with Gasteiger partial charge in [-0.1, -0.05) is 68.4 Å². The van der Waals surface area contributed by atoms with Crippen LogP contribution in [0, 0.1) is 0 Å². The number of carbonyl (C=O) groups is 1. The summed E-state index contributed by atoms with van der Waals surface area (Å²) in [5.74, 6) is -2.03. The molecule has 0 heterocycles. The van der Waals surface area contributed by atoms with Gasteiger partial charge in [0.05, 0.1) is 0 Å². The first-order valence-corrected chi connectivity index (χ1v) is 7.86. The lowest BCUT2D eigenvalue weighted by atomic mass is 10.2. The zero-order chi connectivity index (χ0) is 21.7. The van der Waals surface area contributed by atoms with Crippen LogP contribution in [0.15, 0.2) is 48.6 Å². The van der Waals surface area contributed by atoms with E-state index in [-0.39, 0.29) is 0 Å². The smallest absolute Gasteiger partial charge is 0.303 e. The standard InChI is InChI=1S/C20H32O2/c1-2-3-4-5-6-7-8-9-10-11-12-13-14-15-16-17-18-19-20(21)22/h6-7,9-10,12-13,15-16H,2-5,8,11,14,17-19H2,1H3,(H,21,22)/b7-6-,10-9-,13-12-,16-15-/i17D2,18D2,19D2. The SMILES string of the molecule is [2H]C([2H])(/C=C\C/C=C\C/C=C\C/C=C\CCCCC)C([2H])([2H])C([2H])([2H])C(=O)O. The number of hydrogen-bond acceptors (Lipinski definition) is 1. The Bertz CT molecular complexity index is 577. The Balaban J connectivity index is 4.32. The van der Waals surface area contributed by atoms with Crippen LogP contribution < -0.4 is 0 Å². The fourth-order valence-electron chi connectivity index (χ4n) is 1.61. The van der Waals surface area contributed by atoms with Crippen LogP contribution in [0.25, 0.3) is 0 Å². The quantitative estimate of drug-likeness (QED) is 0.305. The van der Waals surface area contributed by atoms with Crippen molar-refractivity contribution in [2.24, 2.45) is 0 Å². The van der Waals surface area contributed by atoms with E-state index < -0.39 is 25.1 Å². The van der Waals surface area contributed by atoms with Crippen LogP contribution in [0.3, 0.4) is 0 Å². The van der Waals surface area contributed by atoms with Gasteiger partial charge in [0.15, 0.2) is 0 Å². The number of hydrogen-bond donors (Lipinski definition) is 1. The molecule has 0 spiro atoms. The molecule has 0 bridgehead atoms. The van der Waals surface area contributed by atoms with E-state index in [0.717, 1.165) is 25.3 Å². The van der Waals surface area contributed by atoms with Gasteiger partial charge in [0.25, 0.3) is 0 Å². The van der Waals surface area contributed by atoms with E-state index in [0.29, 0.717) is 6.42 Å². The number of carboxylic acids is 1. The number of rotatable bonds is 14. The lowest BCUT2D eigenvalue weighted by molar-refractivity contribution is -0.137. The summed E-state index contributed by atoms with van der Waals surface area (Å²) in [5.41, 5.74) is 0. The molecule has 0 fully saturated rings. The molecule has 2 heteroatoms. The summed E-state index contributed by atoms with van der Waals surface area (Å²) in [6.07, 6.45) is 11.9. The van der Waals surface area contributed by atoms with Gasteiger partial charge in [-0.15, -0.1) is 0 Å². The summed E-state index contributed by atoms with van der Waals surface area (Å²) in [6, 6.07) is 0. The molecule has 0 aliphatic carbocycles. The molecule has 0 saturated carbocycles. The van der Waals surface area contributed by atoms with Crippen molar-refractivity contribution in [1.29, 1.82) is 0 Å². The van der Waals surface area contributed by atoms with Gasteiger partial charge in [-0.3, -0.25) is 4.79 Å². The second-order valence-electron chi connectivity index (χ2n) is 4.72. The van der Waals surface area contributed by atoms with Crippen LogP contribution in [-0.2, 0) is 4.79 Å². The van der Waals surface area contributed by atoms with Gasteiger partial charge < -0.3 is 5.11 Å². The number of unbranched alkanes of at least 4 members (excludes halogenated alkanes) is 3. The van der Waals surface area contributed by atoms with Gasteiger partial charge in [-0.05, 0) is 44.8 Å². The van der Waals surface area contributed by atoms with E-state index in [2.05, 4.69) is 25.2 Å². The average molecular weight is 311 g/mol. The predicted octanol–water partition coefficient (Wildman–Crippen LogP) is 6.22. The Morgan fingerprint density at radius 1 is 0.909 bits per heavy atom. The molecule has 0 atom stereocenters. The highest BCUT2D eigenvalue weighted by Gasteiger charge is 1.92. The molecule has 1 N–H and O–H groups in total. The van der Waals surface area contributed by atoms with E-state index >= 15 is 0 Å². The summed E-state index contributed by atoms with van der Waals surface area (Å²) < 4.78 is 45.2. The minimum Gasteiger partial charge on any atom is -0.481 e. The highest BCUT2D eigenvalue weighted by atomic mass is 16.4. The topological polar surface area (TPSA) is 37.3 Å². The van der Waals surface area contributed by atoms with Crippen LogP contribution in [0.1, 0.15) is 79.2 Å². The minimum atomic E-state index is -3.34. The van der Waals surface area contributed by atoms with Gasteiger partial charge in [0, 0.05) is 14.6 Å². The van der Waals surface area contributed by atoms with Crippen LogP contribution >= 0.6 is 0 Å². The molecule has 0 aromatic heterocycles. The Morgan fingerprint density at radius 3 is 2.00 bits per heavy atom. The molecule has 0 aliphatic rings. The van der Waals surface area contributed by atoms with Crippen molar-refractivity contribution < 1.29 is 18.1 Å².